The number of carbonyl (C=O) groups excluding carboxylic acids is 1. The Labute approximate surface area is 164 Å². The summed E-state index contributed by atoms with van der Waals surface area (Å²) in [6, 6.07) is 7.87. The van der Waals surface area contributed by atoms with Gasteiger partial charge in [-0.15, -0.1) is 0 Å². The largest absolute Gasteiger partial charge is 0.507 e. The molecule has 0 saturated heterocycles. The number of nitrogens with zero attached hydrogens (tertiary/aromatic N) is 1. The van der Waals surface area contributed by atoms with Gasteiger partial charge in [-0.25, -0.2) is 5.43 Å². The van der Waals surface area contributed by atoms with Crippen LogP contribution in [0.2, 0.25) is 10.0 Å². The van der Waals surface area contributed by atoms with E-state index in [0.717, 1.165) is 0 Å². The van der Waals surface area contributed by atoms with Crippen LogP contribution in [0.4, 0.5) is 0 Å². The van der Waals surface area contributed by atoms with E-state index < -0.39 is 5.91 Å². The average molecular weight is 497 g/mol. The van der Waals surface area contributed by atoms with Crippen LogP contribution in [0.5, 0.6) is 11.5 Å². The lowest BCUT2D eigenvalue weighted by Crippen LogP contribution is -2.24. The molecule has 2 N–H and O–H groups in total. The number of hydrogen-bond donors (Lipinski definition) is 2. The molecule has 0 aliphatic rings. The van der Waals surface area contributed by atoms with Gasteiger partial charge in [0.2, 0.25) is 0 Å². The number of nitrogens with one attached hydrogen (secondary N) is 1. The van der Waals surface area contributed by atoms with E-state index in [9.17, 15) is 9.90 Å². The van der Waals surface area contributed by atoms with Crippen molar-refractivity contribution in [2.75, 3.05) is 6.61 Å². The molecule has 24 heavy (non-hydrogen) atoms. The Balaban J connectivity index is 1.91. The van der Waals surface area contributed by atoms with Crippen molar-refractivity contribution in [1.29, 1.82) is 0 Å². The number of halogens is 4. The predicted molar refractivity (Wildman–Crippen MR) is 101 cm³/mol. The summed E-state index contributed by atoms with van der Waals surface area (Å²) < 4.78 is 6.53. The van der Waals surface area contributed by atoms with Crippen LogP contribution in [0.25, 0.3) is 0 Å². The second-order valence-corrected chi connectivity index (χ2v) is 7.03. The van der Waals surface area contributed by atoms with Crippen LogP contribution >= 0.6 is 55.1 Å². The SMILES string of the molecule is O=C(COc1cc(Cl)ccc1Cl)NN=Cc1cc(O)c(Br)cc1Br. The number of amides is 1. The van der Waals surface area contributed by atoms with Crippen molar-refractivity contribution in [3.05, 3.63) is 54.9 Å². The third kappa shape index (κ3) is 5.37. The third-order valence-corrected chi connectivity index (χ3v) is 4.58. The van der Waals surface area contributed by atoms with Gasteiger partial charge in [-0.3, -0.25) is 4.79 Å². The lowest BCUT2D eigenvalue weighted by atomic mass is 10.2. The number of hydrazone groups is 1. The average Bonchev–Trinajstić information content (AvgIpc) is 2.53. The first-order valence-corrected chi connectivity index (χ1v) is 8.79. The molecule has 0 heterocycles. The van der Waals surface area contributed by atoms with Crippen molar-refractivity contribution in [2.24, 2.45) is 5.10 Å². The number of benzene rings is 2. The van der Waals surface area contributed by atoms with Gasteiger partial charge in [0.15, 0.2) is 6.61 Å². The van der Waals surface area contributed by atoms with Crippen molar-refractivity contribution in [3.63, 3.8) is 0 Å². The molecule has 0 fully saturated rings. The highest BCUT2D eigenvalue weighted by Gasteiger charge is 2.07. The predicted octanol–water partition coefficient (Wildman–Crippen LogP) is 4.75. The van der Waals surface area contributed by atoms with Crippen LogP contribution in [0.15, 0.2) is 44.4 Å². The summed E-state index contributed by atoms with van der Waals surface area (Å²) in [6.45, 7) is -0.274. The zero-order valence-electron chi connectivity index (χ0n) is 11.9. The molecule has 0 saturated carbocycles. The van der Waals surface area contributed by atoms with E-state index in [1.807, 2.05) is 0 Å². The minimum atomic E-state index is -0.472. The van der Waals surface area contributed by atoms with E-state index in [1.165, 1.54) is 18.3 Å². The number of hydrogen-bond acceptors (Lipinski definition) is 4. The second-order valence-electron chi connectivity index (χ2n) is 4.48. The fourth-order valence-electron chi connectivity index (χ4n) is 1.59. The van der Waals surface area contributed by atoms with E-state index in [4.69, 9.17) is 27.9 Å². The molecule has 0 radical (unpaired) electrons. The van der Waals surface area contributed by atoms with E-state index in [2.05, 4.69) is 42.4 Å². The van der Waals surface area contributed by atoms with Gasteiger partial charge in [0, 0.05) is 21.1 Å². The Morgan fingerprint density at radius 1 is 1.25 bits per heavy atom. The van der Waals surface area contributed by atoms with Crippen molar-refractivity contribution in [2.45, 2.75) is 0 Å². The molecule has 0 bridgehead atoms. The standard InChI is InChI=1S/C15H10Br2Cl2N2O3/c16-10-5-11(17)13(22)3-8(10)6-20-21-15(23)7-24-14-4-9(18)1-2-12(14)19/h1-6,22H,7H2,(H,21,23). The minimum Gasteiger partial charge on any atom is -0.507 e. The number of carbonyl (C=O) groups is 1. The van der Waals surface area contributed by atoms with E-state index in [-0.39, 0.29) is 12.4 Å². The maximum absolute atomic E-state index is 11.7. The molecule has 2 rings (SSSR count). The van der Waals surface area contributed by atoms with Gasteiger partial charge in [-0.1, -0.05) is 39.1 Å². The molecule has 126 valence electrons. The molecule has 2 aromatic carbocycles. The van der Waals surface area contributed by atoms with Crippen LogP contribution in [0.1, 0.15) is 5.56 Å². The Morgan fingerprint density at radius 2 is 2.00 bits per heavy atom. The maximum atomic E-state index is 11.7. The Hall–Kier alpha value is -1.28. The lowest BCUT2D eigenvalue weighted by molar-refractivity contribution is -0.123. The highest BCUT2D eigenvalue weighted by Crippen LogP contribution is 2.30. The van der Waals surface area contributed by atoms with E-state index in [0.29, 0.717) is 30.3 Å². The lowest BCUT2D eigenvalue weighted by Gasteiger charge is -2.07. The molecule has 5 nitrogen and oxygen atoms in total. The first-order chi connectivity index (χ1) is 11.4. The number of aromatic hydroxyl groups is 1. The fraction of sp³-hybridized carbons (Fsp3) is 0.0667. The third-order valence-electron chi connectivity index (χ3n) is 2.71. The molecule has 0 aliphatic heterocycles. The number of rotatable bonds is 5. The quantitative estimate of drug-likeness (QED) is 0.463. The zero-order valence-corrected chi connectivity index (χ0v) is 16.6. The highest BCUT2D eigenvalue weighted by atomic mass is 79.9. The monoisotopic (exact) mass is 494 g/mol. The summed E-state index contributed by atoms with van der Waals surface area (Å²) in [7, 11) is 0. The zero-order chi connectivity index (χ0) is 17.7. The second kappa shape index (κ2) is 8.71. The van der Waals surface area contributed by atoms with Gasteiger partial charge in [-0.05, 0) is 40.2 Å². The van der Waals surface area contributed by atoms with Gasteiger partial charge in [0.1, 0.15) is 11.5 Å². The topological polar surface area (TPSA) is 70.9 Å². The van der Waals surface area contributed by atoms with E-state index in [1.54, 1.807) is 18.2 Å². The normalized spacial score (nSPS) is 10.8. The van der Waals surface area contributed by atoms with Crippen LogP contribution in [-0.2, 0) is 4.79 Å². The molecule has 0 aromatic heterocycles. The summed E-state index contributed by atoms with van der Waals surface area (Å²) in [5.74, 6) is -0.103. The number of phenols is 1. The van der Waals surface area contributed by atoms with Crippen molar-refractivity contribution in [1.82, 2.24) is 5.43 Å². The Kier molecular flexibility index (Phi) is 6.91. The van der Waals surface area contributed by atoms with Crippen molar-refractivity contribution in [3.8, 4) is 11.5 Å². The summed E-state index contributed by atoms with van der Waals surface area (Å²) in [6.07, 6.45) is 1.39. The number of ether oxygens (including phenoxy) is 1. The van der Waals surface area contributed by atoms with Crippen LogP contribution in [0, 0.1) is 0 Å². The molecule has 1 amide bonds. The summed E-state index contributed by atoms with van der Waals surface area (Å²) in [5, 5.41) is 14.2. The van der Waals surface area contributed by atoms with Gasteiger partial charge in [0.25, 0.3) is 5.91 Å². The van der Waals surface area contributed by atoms with Crippen LogP contribution in [-0.4, -0.2) is 23.8 Å². The maximum Gasteiger partial charge on any atom is 0.277 e. The van der Waals surface area contributed by atoms with Gasteiger partial charge in [0.05, 0.1) is 15.7 Å². The van der Waals surface area contributed by atoms with Crippen LogP contribution < -0.4 is 10.2 Å². The van der Waals surface area contributed by atoms with Crippen molar-refractivity contribution >= 4 is 67.2 Å². The summed E-state index contributed by atoms with van der Waals surface area (Å²) in [5.41, 5.74) is 2.90. The first kappa shape index (κ1) is 19.1. The minimum absolute atomic E-state index is 0.0601. The van der Waals surface area contributed by atoms with Gasteiger partial charge >= 0.3 is 0 Å². The Bertz CT molecular complexity index is 801. The van der Waals surface area contributed by atoms with Gasteiger partial charge < -0.3 is 9.84 Å². The molecular weight excluding hydrogens is 487 g/mol. The highest BCUT2D eigenvalue weighted by molar-refractivity contribution is 9.11. The molecule has 0 unspecified atom stereocenters. The van der Waals surface area contributed by atoms with E-state index >= 15 is 0 Å². The van der Waals surface area contributed by atoms with Crippen LogP contribution in [0.3, 0.4) is 0 Å². The summed E-state index contributed by atoms with van der Waals surface area (Å²) >= 11 is 18.3. The fourth-order valence-corrected chi connectivity index (χ4v) is 3.02. The Morgan fingerprint density at radius 3 is 2.75 bits per heavy atom. The molecule has 0 aliphatic carbocycles. The molecule has 0 atom stereocenters. The van der Waals surface area contributed by atoms with Gasteiger partial charge in [-0.2, -0.15) is 5.10 Å². The summed E-state index contributed by atoms with van der Waals surface area (Å²) in [4.78, 5) is 11.7. The molecular formula is C15H10Br2Cl2N2O3. The smallest absolute Gasteiger partial charge is 0.277 e. The molecule has 0 spiro atoms. The number of phenolic OH excluding ortho intramolecular Hbond substituents is 1. The first-order valence-electron chi connectivity index (χ1n) is 6.44. The van der Waals surface area contributed by atoms with Crippen molar-refractivity contribution < 1.29 is 14.6 Å². The molecule has 2 aromatic rings. The molecule has 9 heteroatoms.